The molecule has 0 bridgehead atoms. The van der Waals surface area contributed by atoms with Crippen LogP contribution in [0.4, 0.5) is 11.4 Å². The minimum Gasteiger partial charge on any atom is -0.507 e. The lowest BCUT2D eigenvalue weighted by atomic mass is 10.0. The van der Waals surface area contributed by atoms with Crippen molar-refractivity contribution < 1.29 is 10.2 Å². The second-order valence-corrected chi connectivity index (χ2v) is 12.6. The van der Waals surface area contributed by atoms with Gasteiger partial charge in [0.1, 0.15) is 11.5 Å². The molecule has 4 nitrogen and oxygen atoms in total. The molecule has 0 spiro atoms. The number of hydrogen-bond donors (Lipinski definition) is 2. The summed E-state index contributed by atoms with van der Waals surface area (Å²) in [4.78, 5) is 11.8. The quantitative estimate of drug-likeness (QED) is 0.0868. The second kappa shape index (κ2) is 14.3. The van der Waals surface area contributed by atoms with Gasteiger partial charge in [0.15, 0.2) is 0 Å². The van der Waals surface area contributed by atoms with E-state index >= 15 is 0 Å². The first-order valence-electron chi connectivity index (χ1n) is 14.6. The van der Waals surface area contributed by atoms with Crippen molar-refractivity contribution in [2.75, 3.05) is 11.5 Å². The van der Waals surface area contributed by atoms with E-state index in [0.29, 0.717) is 0 Å². The number of rotatable bonds is 11. The third-order valence-electron chi connectivity index (χ3n) is 7.35. The van der Waals surface area contributed by atoms with Crippen molar-refractivity contribution in [1.29, 1.82) is 0 Å². The van der Waals surface area contributed by atoms with Gasteiger partial charge < -0.3 is 10.2 Å². The van der Waals surface area contributed by atoms with E-state index in [-0.39, 0.29) is 11.5 Å². The topological polar surface area (TPSA) is 65.2 Å². The average molecular weight is 613 g/mol. The van der Waals surface area contributed by atoms with Crippen LogP contribution >= 0.6 is 23.5 Å². The Hall–Kier alpha value is -4.52. The number of thioether (sulfide) groups is 2. The Bertz CT molecular complexity index is 1830. The molecule has 0 aliphatic carbocycles. The summed E-state index contributed by atoms with van der Waals surface area (Å²) in [6.45, 7) is 0. The number of para-hydroxylation sites is 2. The normalized spacial score (nSPS) is 11.7. The van der Waals surface area contributed by atoms with Gasteiger partial charge in [0, 0.05) is 33.3 Å². The molecule has 6 rings (SSSR count). The van der Waals surface area contributed by atoms with E-state index in [2.05, 4.69) is 12.1 Å². The Morgan fingerprint density at radius 3 is 1.36 bits per heavy atom. The fraction of sp³-hybridized carbons (Fsp3) is 0.105. The summed E-state index contributed by atoms with van der Waals surface area (Å²) in [6, 6.07) is 39.7. The molecule has 0 aromatic heterocycles. The van der Waals surface area contributed by atoms with Gasteiger partial charge in [-0.25, -0.2) is 0 Å². The molecule has 0 saturated carbocycles. The number of hydrogen-bond acceptors (Lipinski definition) is 6. The van der Waals surface area contributed by atoms with E-state index in [1.54, 1.807) is 24.6 Å². The van der Waals surface area contributed by atoms with Gasteiger partial charge in [-0.05, 0) is 82.3 Å². The zero-order valence-corrected chi connectivity index (χ0v) is 25.8. The van der Waals surface area contributed by atoms with Crippen LogP contribution < -0.4 is 0 Å². The van der Waals surface area contributed by atoms with Crippen LogP contribution in [0.15, 0.2) is 141 Å². The number of fused-ring (bicyclic) bond motifs is 2. The number of benzene rings is 6. The van der Waals surface area contributed by atoms with Crippen LogP contribution in [0.5, 0.6) is 11.5 Å². The summed E-state index contributed by atoms with van der Waals surface area (Å²) in [5.41, 5.74) is 3.28. The molecule has 0 aliphatic rings. The maximum absolute atomic E-state index is 10.5. The Labute approximate surface area is 266 Å². The number of phenolic OH excluding ortho intramolecular Hbond substituents is 2. The van der Waals surface area contributed by atoms with Gasteiger partial charge in [-0.3, -0.25) is 9.98 Å². The zero-order chi connectivity index (χ0) is 30.1. The molecular weight excluding hydrogens is 581 g/mol. The van der Waals surface area contributed by atoms with Crippen molar-refractivity contribution in [1.82, 2.24) is 0 Å². The fourth-order valence-electron chi connectivity index (χ4n) is 5.05. The Morgan fingerprint density at radius 1 is 0.477 bits per heavy atom. The van der Waals surface area contributed by atoms with Crippen molar-refractivity contribution in [3.63, 3.8) is 0 Å². The van der Waals surface area contributed by atoms with Crippen LogP contribution in [0.2, 0.25) is 0 Å². The minimum absolute atomic E-state index is 0.231. The number of aromatic hydroxyl groups is 2. The maximum atomic E-state index is 10.5. The second-order valence-electron chi connectivity index (χ2n) is 10.3. The van der Waals surface area contributed by atoms with E-state index in [9.17, 15) is 10.2 Å². The van der Waals surface area contributed by atoms with Gasteiger partial charge in [-0.1, -0.05) is 84.9 Å². The molecule has 0 aliphatic heterocycles. The van der Waals surface area contributed by atoms with Crippen LogP contribution in [0, 0.1) is 0 Å². The first-order chi connectivity index (χ1) is 21.7. The van der Waals surface area contributed by atoms with Gasteiger partial charge in [-0.2, -0.15) is 0 Å². The third kappa shape index (κ3) is 6.99. The van der Waals surface area contributed by atoms with Crippen LogP contribution in [0.3, 0.4) is 0 Å². The summed E-state index contributed by atoms with van der Waals surface area (Å²) in [5.74, 6) is 2.45. The van der Waals surface area contributed by atoms with Crippen molar-refractivity contribution >= 4 is 68.9 Å². The summed E-state index contributed by atoms with van der Waals surface area (Å²) >= 11 is 3.63. The highest BCUT2D eigenvalue weighted by molar-refractivity contribution is 7.99. The molecule has 0 fully saturated rings. The molecular formula is C38H32N2O2S2. The highest BCUT2D eigenvalue weighted by Crippen LogP contribution is 2.34. The maximum Gasteiger partial charge on any atom is 0.124 e. The van der Waals surface area contributed by atoms with E-state index in [0.717, 1.165) is 78.2 Å². The molecule has 44 heavy (non-hydrogen) atoms. The third-order valence-corrected chi connectivity index (χ3v) is 9.64. The Kier molecular flexibility index (Phi) is 9.60. The standard InChI is InChI=1S/C38H32N2O2S2/c41-35-21-19-27-11-1-3-13-29(27)31(35)25-39-33-15-5-7-17-37(33)43-23-9-10-24-44-38-18-8-6-16-34(38)40-26-32-30-14-4-2-12-28(30)20-22-36(32)42/h1-8,11-22,25-26,41-42H,9-10,23-24H2. The van der Waals surface area contributed by atoms with E-state index < -0.39 is 0 Å². The van der Waals surface area contributed by atoms with E-state index in [1.807, 2.05) is 121 Å². The number of aliphatic imine (C=N–C) groups is 2. The highest BCUT2D eigenvalue weighted by atomic mass is 32.2. The summed E-state index contributed by atoms with van der Waals surface area (Å²) in [6.07, 6.45) is 5.70. The first-order valence-corrected chi connectivity index (χ1v) is 16.6. The van der Waals surface area contributed by atoms with E-state index in [1.165, 1.54) is 0 Å². The van der Waals surface area contributed by atoms with Crippen LogP contribution in [-0.4, -0.2) is 34.1 Å². The lowest BCUT2D eigenvalue weighted by Crippen LogP contribution is -1.88. The monoisotopic (exact) mass is 612 g/mol. The van der Waals surface area contributed by atoms with Crippen LogP contribution in [0.25, 0.3) is 21.5 Å². The summed E-state index contributed by atoms with van der Waals surface area (Å²) in [7, 11) is 0. The fourth-order valence-corrected chi connectivity index (χ4v) is 7.07. The summed E-state index contributed by atoms with van der Waals surface area (Å²) in [5, 5.41) is 25.1. The van der Waals surface area contributed by atoms with Crippen molar-refractivity contribution in [2.45, 2.75) is 22.6 Å². The molecule has 6 aromatic carbocycles. The lowest BCUT2D eigenvalue weighted by molar-refractivity contribution is 0.475. The lowest BCUT2D eigenvalue weighted by Gasteiger charge is -2.08. The van der Waals surface area contributed by atoms with Crippen LogP contribution in [0.1, 0.15) is 24.0 Å². The molecule has 0 radical (unpaired) electrons. The van der Waals surface area contributed by atoms with Crippen LogP contribution in [-0.2, 0) is 0 Å². The molecule has 0 amide bonds. The van der Waals surface area contributed by atoms with Gasteiger partial charge in [0.25, 0.3) is 0 Å². The van der Waals surface area contributed by atoms with Crippen molar-refractivity contribution in [3.8, 4) is 11.5 Å². The molecule has 2 N–H and O–H groups in total. The molecule has 6 aromatic rings. The number of nitrogens with zero attached hydrogens (tertiary/aromatic N) is 2. The molecule has 6 heteroatoms. The predicted octanol–water partition coefficient (Wildman–Crippen LogP) is 10.6. The largest absolute Gasteiger partial charge is 0.507 e. The van der Waals surface area contributed by atoms with Gasteiger partial charge in [-0.15, -0.1) is 23.5 Å². The van der Waals surface area contributed by atoms with Crippen molar-refractivity contribution in [3.05, 3.63) is 132 Å². The highest BCUT2D eigenvalue weighted by Gasteiger charge is 2.08. The first kappa shape index (κ1) is 29.5. The smallest absolute Gasteiger partial charge is 0.124 e. The number of phenols is 2. The molecule has 0 saturated heterocycles. The zero-order valence-electron chi connectivity index (χ0n) is 24.1. The Balaban J connectivity index is 1.04. The molecule has 0 heterocycles. The van der Waals surface area contributed by atoms with Crippen molar-refractivity contribution in [2.24, 2.45) is 9.98 Å². The molecule has 218 valence electrons. The summed E-state index contributed by atoms with van der Waals surface area (Å²) < 4.78 is 0. The van der Waals surface area contributed by atoms with Gasteiger partial charge in [0.2, 0.25) is 0 Å². The predicted molar refractivity (Wildman–Crippen MR) is 189 cm³/mol. The number of unbranched alkanes of at least 4 members (excludes halogenated alkanes) is 1. The van der Waals surface area contributed by atoms with Gasteiger partial charge >= 0.3 is 0 Å². The van der Waals surface area contributed by atoms with Gasteiger partial charge in [0.05, 0.1) is 11.4 Å². The SMILES string of the molecule is Oc1ccc2ccccc2c1C=Nc1ccccc1SCCCCSc1ccccc1N=Cc1c(O)ccc2ccccc12. The minimum atomic E-state index is 0.231. The molecule has 0 atom stereocenters. The molecule has 0 unspecified atom stereocenters. The van der Waals surface area contributed by atoms with E-state index in [4.69, 9.17) is 9.98 Å². The average Bonchev–Trinajstić information content (AvgIpc) is 3.06. The Morgan fingerprint density at radius 2 is 0.886 bits per heavy atom.